The Balaban J connectivity index is 1.56. The maximum Gasteiger partial charge on any atom is 0.416 e. The normalized spacial score (nSPS) is 13.3. The molecule has 2 aromatic carbocycles. The second-order valence-corrected chi connectivity index (χ2v) is 7.58. The zero-order valence-electron chi connectivity index (χ0n) is 14.9. The zero-order chi connectivity index (χ0) is 18.7. The van der Waals surface area contributed by atoms with Crippen molar-refractivity contribution in [3.63, 3.8) is 0 Å². The highest BCUT2D eigenvalue weighted by Gasteiger charge is 2.30. The van der Waals surface area contributed by atoms with E-state index in [1.165, 1.54) is 33.3 Å². The zero-order valence-corrected chi connectivity index (χ0v) is 15.7. The quantitative estimate of drug-likeness (QED) is 0.483. The van der Waals surface area contributed by atoms with Gasteiger partial charge in [0.2, 0.25) is 0 Å². The molecule has 0 saturated carbocycles. The van der Waals surface area contributed by atoms with Crippen LogP contribution in [0.3, 0.4) is 0 Å². The van der Waals surface area contributed by atoms with Crippen LogP contribution in [0.2, 0.25) is 0 Å². The molecule has 138 valence electrons. The van der Waals surface area contributed by atoms with Crippen LogP contribution in [0.5, 0.6) is 0 Å². The molecule has 1 N–H and O–H groups in total. The molecule has 26 heavy (non-hydrogen) atoms. The molecule has 5 heteroatoms. The first-order valence-corrected chi connectivity index (χ1v) is 9.60. The van der Waals surface area contributed by atoms with E-state index in [1.54, 1.807) is 17.4 Å². The third-order valence-electron chi connectivity index (χ3n) is 4.57. The first-order valence-electron chi connectivity index (χ1n) is 8.72. The lowest BCUT2D eigenvalue weighted by Crippen LogP contribution is -2.20. The standard InChI is InChI=1S/C21H22F3NS/c1-14-8-9-20-18(11-14)19(13-26-20)15(2)25-10-4-6-16-5-3-7-17(12-16)21(22,23)24/h3,5,7-9,11-13,15,25H,4,6,10H2,1-2H3. The smallest absolute Gasteiger partial charge is 0.310 e. The minimum Gasteiger partial charge on any atom is -0.310 e. The van der Waals surface area contributed by atoms with E-state index in [1.807, 2.05) is 0 Å². The molecule has 0 spiro atoms. The summed E-state index contributed by atoms with van der Waals surface area (Å²) in [6, 6.07) is 12.3. The maximum atomic E-state index is 12.8. The van der Waals surface area contributed by atoms with Gasteiger partial charge in [0, 0.05) is 10.7 Å². The van der Waals surface area contributed by atoms with Crippen molar-refractivity contribution in [2.45, 2.75) is 38.9 Å². The van der Waals surface area contributed by atoms with E-state index >= 15 is 0 Å². The van der Waals surface area contributed by atoms with Gasteiger partial charge in [-0.1, -0.05) is 35.9 Å². The number of alkyl halides is 3. The third kappa shape index (κ3) is 4.46. The minimum absolute atomic E-state index is 0.215. The Morgan fingerprint density at radius 2 is 1.92 bits per heavy atom. The van der Waals surface area contributed by atoms with E-state index in [9.17, 15) is 13.2 Å². The number of hydrogen-bond donors (Lipinski definition) is 1. The molecule has 1 atom stereocenters. The van der Waals surface area contributed by atoms with Gasteiger partial charge < -0.3 is 5.32 Å². The van der Waals surface area contributed by atoms with E-state index in [0.29, 0.717) is 6.42 Å². The molecule has 0 aliphatic heterocycles. The molecule has 0 saturated heterocycles. The molecule has 1 heterocycles. The van der Waals surface area contributed by atoms with Crippen LogP contribution < -0.4 is 5.32 Å². The molecule has 0 radical (unpaired) electrons. The monoisotopic (exact) mass is 377 g/mol. The Morgan fingerprint density at radius 3 is 2.69 bits per heavy atom. The van der Waals surface area contributed by atoms with Crippen LogP contribution in [0, 0.1) is 6.92 Å². The topological polar surface area (TPSA) is 12.0 Å². The van der Waals surface area contributed by atoms with Gasteiger partial charge in [-0.05, 0) is 67.3 Å². The molecule has 3 aromatic rings. The van der Waals surface area contributed by atoms with Crippen molar-refractivity contribution < 1.29 is 13.2 Å². The van der Waals surface area contributed by atoms with Gasteiger partial charge >= 0.3 is 6.18 Å². The van der Waals surface area contributed by atoms with E-state index in [-0.39, 0.29) is 6.04 Å². The van der Waals surface area contributed by atoms with Crippen molar-refractivity contribution in [1.29, 1.82) is 0 Å². The lowest BCUT2D eigenvalue weighted by Gasteiger charge is -2.14. The Morgan fingerprint density at radius 1 is 1.12 bits per heavy atom. The van der Waals surface area contributed by atoms with Crippen LogP contribution in [-0.4, -0.2) is 6.54 Å². The molecule has 1 aromatic heterocycles. The fourth-order valence-electron chi connectivity index (χ4n) is 3.12. The number of nitrogens with one attached hydrogen (secondary N) is 1. The molecular weight excluding hydrogens is 355 g/mol. The van der Waals surface area contributed by atoms with E-state index in [4.69, 9.17) is 0 Å². The van der Waals surface area contributed by atoms with Crippen molar-refractivity contribution in [2.75, 3.05) is 6.54 Å². The molecule has 0 aliphatic carbocycles. The lowest BCUT2D eigenvalue weighted by molar-refractivity contribution is -0.137. The van der Waals surface area contributed by atoms with Crippen LogP contribution in [0.15, 0.2) is 47.8 Å². The molecular formula is C21H22F3NS. The molecule has 1 nitrogen and oxygen atoms in total. The first kappa shape index (κ1) is 18.9. The number of thiophene rings is 1. The Bertz CT molecular complexity index is 882. The highest BCUT2D eigenvalue weighted by molar-refractivity contribution is 7.17. The number of halogens is 3. The number of aryl methyl sites for hydroxylation is 2. The summed E-state index contributed by atoms with van der Waals surface area (Å²) in [5, 5.41) is 6.97. The van der Waals surface area contributed by atoms with Crippen molar-refractivity contribution in [3.05, 3.63) is 70.1 Å². The SMILES string of the molecule is Cc1ccc2scc(C(C)NCCCc3cccc(C(F)(F)F)c3)c2c1. The predicted octanol–water partition coefficient (Wildman–Crippen LogP) is 6.51. The summed E-state index contributed by atoms with van der Waals surface area (Å²) >= 11 is 1.74. The largest absolute Gasteiger partial charge is 0.416 e. The second kappa shape index (κ2) is 7.80. The van der Waals surface area contributed by atoms with Crippen molar-refractivity contribution >= 4 is 21.4 Å². The fourth-order valence-corrected chi connectivity index (χ4v) is 4.16. The Kier molecular flexibility index (Phi) is 5.68. The van der Waals surface area contributed by atoms with Crippen molar-refractivity contribution in [2.24, 2.45) is 0 Å². The predicted molar refractivity (Wildman–Crippen MR) is 103 cm³/mol. The Hall–Kier alpha value is -1.85. The maximum absolute atomic E-state index is 12.8. The molecule has 3 rings (SSSR count). The van der Waals surface area contributed by atoms with E-state index in [2.05, 4.69) is 42.7 Å². The van der Waals surface area contributed by atoms with Crippen molar-refractivity contribution in [3.8, 4) is 0 Å². The molecule has 0 aliphatic rings. The first-order chi connectivity index (χ1) is 12.3. The van der Waals surface area contributed by atoms with Crippen molar-refractivity contribution in [1.82, 2.24) is 5.32 Å². The van der Waals surface area contributed by atoms with Crippen LogP contribution in [-0.2, 0) is 12.6 Å². The van der Waals surface area contributed by atoms with Gasteiger partial charge in [-0.25, -0.2) is 0 Å². The third-order valence-corrected chi connectivity index (χ3v) is 5.55. The minimum atomic E-state index is -4.28. The molecule has 0 amide bonds. The van der Waals surface area contributed by atoms with Crippen LogP contribution in [0.4, 0.5) is 13.2 Å². The van der Waals surface area contributed by atoms with Gasteiger partial charge in [-0.15, -0.1) is 11.3 Å². The molecule has 0 bridgehead atoms. The summed E-state index contributed by atoms with van der Waals surface area (Å²) in [7, 11) is 0. The number of benzene rings is 2. The summed E-state index contributed by atoms with van der Waals surface area (Å²) in [6.07, 6.45) is -2.85. The summed E-state index contributed by atoms with van der Waals surface area (Å²) < 4.78 is 39.6. The van der Waals surface area contributed by atoms with Gasteiger partial charge in [0.05, 0.1) is 5.56 Å². The molecule has 1 unspecified atom stereocenters. The second-order valence-electron chi connectivity index (χ2n) is 6.67. The van der Waals surface area contributed by atoms with Crippen LogP contribution >= 0.6 is 11.3 Å². The summed E-state index contributed by atoms with van der Waals surface area (Å²) in [4.78, 5) is 0. The molecule has 0 fully saturated rings. The Labute approximate surface area is 155 Å². The highest BCUT2D eigenvalue weighted by atomic mass is 32.1. The summed E-state index contributed by atoms with van der Waals surface area (Å²) in [5.41, 5.74) is 2.68. The van der Waals surface area contributed by atoms with Gasteiger partial charge in [0.15, 0.2) is 0 Å². The number of fused-ring (bicyclic) bond motifs is 1. The highest BCUT2D eigenvalue weighted by Crippen LogP contribution is 2.31. The van der Waals surface area contributed by atoms with Crippen LogP contribution in [0.1, 0.15) is 41.6 Å². The lowest BCUT2D eigenvalue weighted by atomic mass is 10.0. The van der Waals surface area contributed by atoms with Gasteiger partial charge in [-0.3, -0.25) is 0 Å². The van der Waals surface area contributed by atoms with E-state index < -0.39 is 11.7 Å². The average molecular weight is 377 g/mol. The fraction of sp³-hybridized carbons (Fsp3) is 0.333. The van der Waals surface area contributed by atoms with Crippen LogP contribution in [0.25, 0.3) is 10.1 Å². The van der Waals surface area contributed by atoms with Gasteiger partial charge in [0.25, 0.3) is 0 Å². The summed E-state index contributed by atoms with van der Waals surface area (Å²) in [6.45, 7) is 4.99. The number of rotatable bonds is 6. The summed E-state index contributed by atoms with van der Waals surface area (Å²) in [5.74, 6) is 0. The van der Waals surface area contributed by atoms with Gasteiger partial charge in [0.1, 0.15) is 0 Å². The average Bonchev–Trinajstić information content (AvgIpc) is 3.01. The van der Waals surface area contributed by atoms with Gasteiger partial charge in [-0.2, -0.15) is 13.2 Å². The number of hydrogen-bond acceptors (Lipinski definition) is 2. The van der Waals surface area contributed by atoms with E-state index in [0.717, 1.165) is 24.6 Å².